The Bertz CT molecular complexity index is 1220. The van der Waals surface area contributed by atoms with Gasteiger partial charge in [-0.2, -0.15) is 9.64 Å². The van der Waals surface area contributed by atoms with Gasteiger partial charge in [0.2, 0.25) is 0 Å². The second-order valence-electron chi connectivity index (χ2n) is 10.1. The number of nitriles is 1. The molecule has 1 atom stereocenters. The lowest BCUT2D eigenvalue weighted by Crippen LogP contribution is -2.35. The molecule has 0 aliphatic carbocycles. The Hall–Kier alpha value is -2.67. The van der Waals surface area contributed by atoms with Crippen LogP contribution in [0.15, 0.2) is 34.5 Å². The number of thiazole rings is 1. The van der Waals surface area contributed by atoms with Crippen molar-refractivity contribution >= 4 is 38.0 Å². The third-order valence-corrected chi connectivity index (χ3v) is 8.16. The van der Waals surface area contributed by atoms with Crippen LogP contribution in [-0.2, 0) is 5.41 Å². The van der Waals surface area contributed by atoms with Crippen LogP contribution in [0, 0.1) is 11.3 Å². The lowest BCUT2D eigenvalue weighted by Gasteiger charge is -2.28. The molecule has 2 aromatic heterocycles. The van der Waals surface area contributed by atoms with Crippen LogP contribution in [0.4, 0.5) is 15.1 Å². The van der Waals surface area contributed by atoms with Crippen molar-refractivity contribution in [2.24, 2.45) is 10.2 Å². The maximum atomic E-state index is 9.91. The maximum Gasteiger partial charge on any atom is 0.188 e. The Morgan fingerprint density at radius 2 is 1.83 bits per heavy atom. The molecule has 0 saturated carbocycles. The van der Waals surface area contributed by atoms with Gasteiger partial charge < -0.3 is 10.0 Å². The monoisotopic (exact) mass is 508 g/mol. The zero-order valence-corrected chi connectivity index (χ0v) is 22.6. The summed E-state index contributed by atoms with van der Waals surface area (Å²) in [5, 5.41) is 30.8. The fourth-order valence-electron chi connectivity index (χ4n) is 4.01. The Morgan fingerprint density at radius 1 is 1.17 bits per heavy atom. The molecule has 1 aromatic carbocycles. The van der Waals surface area contributed by atoms with E-state index in [4.69, 9.17) is 4.98 Å². The van der Waals surface area contributed by atoms with E-state index >= 15 is 0 Å². The third-order valence-electron chi connectivity index (χ3n) is 6.43. The van der Waals surface area contributed by atoms with E-state index in [1.165, 1.54) is 28.4 Å². The molecule has 7 nitrogen and oxygen atoms in total. The van der Waals surface area contributed by atoms with Gasteiger partial charge in [0.05, 0.1) is 11.8 Å². The normalized spacial score (nSPS) is 16.1. The van der Waals surface area contributed by atoms with Gasteiger partial charge in [0.25, 0.3) is 0 Å². The quantitative estimate of drug-likeness (QED) is 0.352. The molecule has 0 radical (unpaired) electrons. The molecule has 0 bridgehead atoms. The van der Waals surface area contributed by atoms with Crippen molar-refractivity contribution < 1.29 is 5.11 Å². The fourth-order valence-corrected chi connectivity index (χ4v) is 5.82. The maximum absolute atomic E-state index is 9.91. The number of azo groups is 1. The number of piperidine rings is 1. The van der Waals surface area contributed by atoms with Crippen molar-refractivity contribution in [3.8, 4) is 17.3 Å². The van der Waals surface area contributed by atoms with Crippen LogP contribution in [-0.4, -0.2) is 33.7 Å². The Balaban J connectivity index is 1.71. The van der Waals surface area contributed by atoms with Crippen LogP contribution in [0.25, 0.3) is 11.3 Å². The van der Waals surface area contributed by atoms with Crippen molar-refractivity contribution in [2.75, 3.05) is 18.0 Å². The smallest absolute Gasteiger partial charge is 0.188 e. The molecule has 184 valence electrons. The van der Waals surface area contributed by atoms with E-state index < -0.39 is 0 Å². The molecule has 35 heavy (non-hydrogen) atoms. The summed E-state index contributed by atoms with van der Waals surface area (Å²) < 4.78 is 4.49. The number of benzene rings is 1. The first-order valence-corrected chi connectivity index (χ1v) is 13.7. The average molecular weight is 509 g/mol. The predicted octanol–water partition coefficient (Wildman–Crippen LogP) is 7.33. The van der Waals surface area contributed by atoms with Crippen molar-refractivity contribution in [1.82, 2.24) is 9.36 Å². The molecule has 1 unspecified atom stereocenters. The summed E-state index contributed by atoms with van der Waals surface area (Å²) in [5.74, 6) is 0.502. The molecule has 1 aliphatic heterocycles. The molecule has 4 rings (SSSR count). The highest BCUT2D eigenvalue weighted by atomic mass is 32.1. The molecule has 1 saturated heterocycles. The van der Waals surface area contributed by atoms with Gasteiger partial charge in [-0.05, 0) is 42.3 Å². The van der Waals surface area contributed by atoms with E-state index in [0.29, 0.717) is 21.5 Å². The number of rotatable bonds is 6. The first kappa shape index (κ1) is 25.4. The standard InChI is InChI=1S/C26H32N6OS2/c1-6-16(2)17-7-9-18(10-8-17)21-24(34-25(28-21)32-13-11-19(33)12-14-32)30-29-23-20(15-27)22(31-35-23)26(3,4)5/h7-10,16,19,33H,6,11-14H2,1-5H3. The molecular formula is C26H32N6OS2. The summed E-state index contributed by atoms with van der Waals surface area (Å²) in [5.41, 5.74) is 4.07. The van der Waals surface area contributed by atoms with Gasteiger partial charge in [0, 0.05) is 24.1 Å². The first-order valence-electron chi connectivity index (χ1n) is 12.1. The third kappa shape index (κ3) is 5.61. The Morgan fingerprint density at radius 3 is 2.43 bits per heavy atom. The highest BCUT2D eigenvalue weighted by Crippen LogP contribution is 2.42. The Kier molecular flexibility index (Phi) is 7.64. The second-order valence-corrected chi connectivity index (χ2v) is 11.8. The van der Waals surface area contributed by atoms with Crippen LogP contribution in [0.2, 0.25) is 0 Å². The summed E-state index contributed by atoms with van der Waals surface area (Å²) in [6.45, 7) is 12.1. The zero-order chi connectivity index (χ0) is 25.2. The van der Waals surface area contributed by atoms with Gasteiger partial charge in [0.1, 0.15) is 17.3 Å². The van der Waals surface area contributed by atoms with E-state index in [1.54, 1.807) is 0 Å². The van der Waals surface area contributed by atoms with E-state index in [9.17, 15) is 10.4 Å². The molecule has 9 heteroatoms. The number of nitrogens with zero attached hydrogens (tertiary/aromatic N) is 6. The minimum Gasteiger partial charge on any atom is -0.393 e. The van der Waals surface area contributed by atoms with E-state index in [1.807, 2.05) is 20.8 Å². The summed E-state index contributed by atoms with van der Waals surface area (Å²) in [7, 11) is 0. The number of aromatic nitrogens is 2. The summed E-state index contributed by atoms with van der Waals surface area (Å²) >= 11 is 2.70. The minimum absolute atomic E-state index is 0.242. The van der Waals surface area contributed by atoms with E-state index in [2.05, 4.69) is 63.7 Å². The van der Waals surface area contributed by atoms with Crippen LogP contribution < -0.4 is 4.90 Å². The van der Waals surface area contributed by atoms with E-state index in [0.717, 1.165) is 54.4 Å². The molecule has 0 amide bonds. The largest absolute Gasteiger partial charge is 0.393 e. The van der Waals surface area contributed by atoms with Crippen molar-refractivity contribution in [3.63, 3.8) is 0 Å². The molecule has 1 aliphatic rings. The van der Waals surface area contributed by atoms with Gasteiger partial charge >= 0.3 is 0 Å². The lowest BCUT2D eigenvalue weighted by atomic mass is 9.90. The molecule has 3 aromatic rings. The SMILES string of the molecule is CCC(C)c1ccc(-c2nc(N3CCC(O)CC3)sc2N=Nc2snc(C(C)(C)C)c2C#N)cc1. The summed E-state index contributed by atoms with van der Waals surface area (Å²) in [6.07, 6.45) is 2.31. The lowest BCUT2D eigenvalue weighted by molar-refractivity contribution is 0.145. The molecular weight excluding hydrogens is 476 g/mol. The van der Waals surface area contributed by atoms with Crippen LogP contribution in [0.1, 0.15) is 76.6 Å². The highest BCUT2D eigenvalue weighted by molar-refractivity contribution is 7.19. The van der Waals surface area contributed by atoms with Gasteiger partial charge in [-0.15, -0.1) is 10.2 Å². The number of aliphatic hydroxyl groups excluding tert-OH is 1. The average Bonchev–Trinajstić information content (AvgIpc) is 3.47. The van der Waals surface area contributed by atoms with Crippen molar-refractivity contribution in [1.29, 1.82) is 5.26 Å². The van der Waals surface area contributed by atoms with Crippen LogP contribution in [0.5, 0.6) is 0 Å². The van der Waals surface area contributed by atoms with Crippen LogP contribution >= 0.6 is 22.9 Å². The van der Waals surface area contributed by atoms with Crippen molar-refractivity contribution in [2.45, 2.75) is 71.3 Å². The summed E-state index contributed by atoms with van der Waals surface area (Å²) in [4.78, 5) is 7.16. The molecule has 0 spiro atoms. The summed E-state index contributed by atoms with van der Waals surface area (Å²) in [6, 6.07) is 10.8. The zero-order valence-electron chi connectivity index (χ0n) is 20.9. The van der Waals surface area contributed by atoms with Gasteiger partial charge in [0.15, 0.2) is 15.1 Å². The number of hydrogen-bond donors (Lipinski definition) is 1. The fraction of sp³-hybridized carbons (Fsp3) is 0.500. The minimum atomic E-state index is -0.245. The number of aliphatic hydroxyl groups is 1. The van der Waals surface area contributed by atoms with E-state index in [-0.39, 0.29) is 11.5 Å². The highest BCUT2D eigenvalue weighted by Gasteiger charge is 2.26. The van der Waals surface area contributed by atoms with Gasteiger partial charge in [-0.1, -0.05) is 70.2 Å². The topological polar surface area (TPSA) is 97.8 Å². The predicted molar refractivity (Wildman–Crippen MR) is 143 cm³/mol. The second kappa shape index (κ2) is 10.5. The Labute approximate surface area is 215 Å². The van der Waals surface area contributed by atoms with Gasteiger partial charge in [-0.25, -0.2) is 4.98 Å². The number of anilines is 1. The molecule has 3 heterocycles. The van der Waals surface area contributed by atoms with Crippen molar-refractivity contribution in [3.05, 3.63) is 41.1 Å². The van der Waals surface area contributed by atoms with Crippen LogP contribution in [0.3, 0.4) is 0 Å². The molecule has 1 fully saturated rings. The first-order chi connectivity index (χ1) is 16.7. The van der Waals surface area contributed by atoms with Gasteiger partial charge in [-0.3, -0.25) is 0 Å². The number of hydrogen-bond acceptors (Lipinski definition) is 9. The molecule has 1 N–H and O–H groups in total.